The van der Waals surface area contributed by atoms with Gasteiger partial charge in [0, 0.05) is 12.1 Å². The SMILES string of the molecule is Oc1cc(O)cc(CC[C@H](Cc2ccc(CCc3cc(O)c(O)c(O)c3)cc2)[C@@H](Cc2ccc(CCc3cc(O)c(O)c(O)c3)cc2)c2cc(O)cc(O)c2)c1. The van der Waals surface area contributed by atoms with Gasteiger partial charge in [-0.15, -0.1) is 0 Å². The number of hydrogen-bond donors (Lipinski definition) is 10. The van der Waals surface area contributed by atoms with Crippen molar-refractivity contribution in [3.05, 3.63) is 154 Å². The summed E-state index contributed by atoms with van der Waals surface area (Å²) in [5.41, 5.74) is 7.07. The number of phenols is 10. The van der Waals surface area contributed by atoms with Gasteiger partial charge in [0.2, 0.25) is 0 Å². The van der Waals surface area contributed by atoms with Crippen LogP contribution in [0, 0.1) is 5.92 Å². The fourth-order valence-electron chi connectivity index (χ4n) is 7.42. The molecule has 10 N–H and O–H groups in total. The molecule has 0 aliphatic heterocycles. The van der Waals surface area contributed by atoms with Gasteiger partial charge in [0.05, 0.1) is 0 Å². The van der Waals surface area contributed by atoms with Gasteiger partial charge in [-0.3, -0.25) is 0 Å². The van der Waals surface area contributed by atoms with Crippen LogP contribution >= 0.6 is 0 Å². The molecule has 56 heavy (non-hydrogen) atoms. The molecule has 0 saturated carbocycles. The Morgan fingerprint density at radius 3 is 1.09 bits per heavy atom. The Balaban J connectivity index is 1.25. The van der Waals surface area contributed by atoms with Crippen molar-refractivity contribution in [1.82, 2.24) is 0 Å². The first-order valence-corrected chi connectivity index (χ1v) is 18.5. The van der Waals surface area contributed by atoms with Gasteiger partial charge in [0.15, 0.2) is 34.5 Å². The summed E-state index contributed by atoms with van der Waals surface area (Å²) in [5, 5.41) is 101. The molecule has 6 rings (SSSR count). The second-order valence-corrected chi connectivity index (χ2v) is 14.6. The average molecular weight is 759 g/mol. The van der Waals surface area contributed by atoms with E-state index in [2.05, 4.69) is 12.1 Å². The van der Waals surface area contributed by atoms with E-state index >= 15 is 0 Å². The first kappa shape index (κ1) is 39.0. The van der Waals surface area contributed by atoms with Crippen molar-refractivity contribution in [2.45, 2.75) is 57.3 Å². The molecule has 0 spiro atoms. The van der Waals surface area contributed by atoms with Crippen LogP contribution in [0.3, 0.4) is 0 Å². The van der Waals surface area contributed by atoms with Crippen molar-refractivity contribution in [3.8, 4) is 57.5 Å². The third kappa shape index (κ3) is 10.1. The second kappa shape index (κ2) is 17.2. The summed E-state index contributed by atoms with van der Waals surface area (Å²) in [4.78, 5) is 0. The zero-order chi connectivity index (χ0) is 39.9. The molecule has 0 heterocycles. The molecule has 0 aliphatic rings. The first-order chi connectivity index (χ1) is 26.8. The molecule has 0 radical (unpaired) electrons. The third-order valence-electron chi connectivity index (χ3n) is 10.4. The Bertz CT molecular complexity index is 2200. The summed E-state index contributed by atoms with van der Waals surface area (Å²) in [6.45, 7) is 0. The molecule has 0 aliphatic carbocycles. The Labute approximate surface area is 324 Å². The Kier molecular flexibility index (Phi) is 12.0. The highest BCUT2D eigenvalue weighted by atomic mass is 16.3. The van der Waals surface area contributed by atoms with E-state index in [1.165, 1.54) is 36.4 Å². The van der Waals surface area contributed by atoms with Crippen LogP contribution < -0.4 is 0 Å². The summed E-state index contributed by atoms with van der Waals surface area (Å²) < 4.78 is 0. The molecule has 0 amide bonds. The molecule has 10 nitrogen and oxygen atoms in total. The molecule has 6 aromatic carbocycles. The molecular weight excluding hydrogens is 712 g/mol. The Morgan fingerprint density at radius 2 is 0.661 bits per heavy atom. The van der Waals surface area contributed by atoms with E-state index in [-0.39, 0.29) is 57.8 Å². The van der Waals surface area contributed by atoms with Gasteiger partial charge in [-0.1, -0.05) is 48.5 Å². The normalized spacial score (nSPS) is 12.4. The van der Waals surface area contributed by atoms with Crippen LogP contribution in [0.2, 0.25) is 0 Å². The number of aryl methyl sites for hydroxylation is 5. The molecule has 0 saturated heterocycles. The lowest BCUT2D eigenvalue weighted by Crippen LogP contribution is -2.19. The van der Waals surface area contributed by atoms with Crippen molar-refractivity contribution in [1.29, 1.82) is 0 Å². The van der Waals surface area contributed by atoms with Crippen LogP contribution in [-0.4, -0.2) is 51.1 Å². The summed E-state index contributed by atoms with van der Waals surface area (Å²) in [6.07, 6.45) is 4.72. The van der Waals surface area contributed by atoms with Crippen molar-refractivity contribution in [2.75, 3.05) is 0 Å². The average Bonchev–Trinajstić information content (AvgIpc) is 3.15. The summed E-state index contributed by atoms with van der Waals surface area (Å²) >= 11 is 0. The largest absolute Gasteiger partial charge is 0.508 e. The lowest BCUT2D eigenvalue weighted by Gasteiger charge is -2.29. The molecule has 0 unspecified atom stereocenters. The molecule has 0 fully saturated rings. The second-order valence-electron chi connectivity index (χ2n) is 14.6. The maximum absolute atomic E-state index is 10.6. The van der Waals surface area contributed by atoms with Crippen LogP contribution in [-0.2, 0) is 44.9 Å². The van der Waals surface area contributed by atoms with Crippen LogP contribution in [0.25, 0.3) is 0 Å². The molecule has 0 aromatic heterocycles. The Hall–Kier alpha value is -6.68. The van der Waals surface area contributed by atoms with Gasteiger partial charge in [-0.25, -0.2) is 0 Å². The zero-order valence-electron chi connectivity index (χ0n) is 30.7. The van der Waals surface area contributed by atoms with Gasteiger partial charge in [-0.2, -0.15) is 0 Å². The standard InChI is InChI=1S/C46H46O10/c47-36-16-31(17-37(48)25-36)13-14-34(15-29-7-1-27(2-8-29)5-11-32-19-41(51)45(55)42(52)20-32)40(35-23-38(49)26-39(50)24-35)18-30-9-3-28(4-10-30)6-12-33-21-43(53)46(56)44(54)22-33/h1-4,7-10,16-17,19-26,34,40,47-56H,5-6,11-15,18H2/t34-,40-/m1/s1. The van der Waals surface area contributed by atoms with Gasteiger partial charge in [0.25, 0.3) is 0 Å². The van der Waals surface area contributed by atoms with E-state index in [4.69, 9.17) is 0 Å². The highest BCUT2D eigenvalue weighted by Gasteiger charge is 2.26. The Morgan fingerprint density at radius 1 is 0.321 bits per heavy atom. The van der Waals surface area contributed by atoms with E-state index in [1.54, 1.807) is 24.3 Å². The number of hydrogen-bond acceptors (Lipinski definition) is 10. The number of rotatable bonds is 15. The monoisotopic (exact) mass is 758 g/mol. The summed E-state index contributed by atoms with van der Waals surface area (Å²) in [5.74, 6) is -2.97. The third-order valence-corrected chi connectivity index (χ3v) is 10.4. The van der Waals surface area contributed by atoms with Gasteiger partial charge in [-0.05, 0) is 156 Å². The van der Waals surface area contributed by atoms with Crippen molar-refractivity contribution in [2.24, 2.45) is 5.92 Å². The summed E-state index contributed by atoms with van der Waals surface area (Å²) in [6, 6.07) is 31.3. The summed E-state index contributed by atoms with van der Waals surface area (Å²) in [7, 11) is 0. The van der Waals surface area contributed by atoms with Crippen molar-refractivity contribution in [3.63, 3.8) is 0 Å². The maximum Gasteiger partial charge on any atom is 0.200 e. The fraction of sp³-hybridized carbons (Fsp3) is 0.217. The van der Waals surface area contributed by atoms with Gasteiger partial charge < -0.3 is 51.1 Å². The van der Waals surface area contributed by atoms with Gasteiger partial charge >= 0.3 is 0 Å². The number of benzene rings is 6. The minimum absolute atomic E-state index is 0.0292. The predicted molar refractivity (Wildman–Crippen MR) is 212 cm³/mol. The van der Waals surface area contributed by atoms with E-state index in [0.29, 0.717) is 62.5 Å². The molecule has 2 atom stereocenters. The zero-order valence-corrected chi connectivity index (χ0v) is 30.7. The first-order valence-electron chi connectivity index (χ1n) is 18.5. The quantitative estimate of drug-likeness (QED) is 0.0456. The van der Waals surface area contributed by atoms with Crippen molar-refractivity contribution >= 4 is 0 Å². The highest BCUT2D eigenvalue weighted by Crippen LogP contribution is 2.39. The maximum atomic E-state index is 10.6. The minimum atomic E-state index is -0.546. The molecule has 0 bridgehead atoms. The smallest absolute Gasteiger partial charge is 0.200 e. The molecule has 290 valence electrons. The number of phenolic OH excluding ortho intramolecular Hbond substituents is 10. The van der Waals surface area contributed by atoms with E-state index < -0.39 is 11.5 Å². The lowest BCUT2D eigenvalue weighted by molar-refractivity contribution is 0.367. The highest BCUT2D eigenvalue weighted by molar-refractivity contribution is 5.52. The van der Waals surface area contributed by atoms with Crippen LogP contribution in [0.15, 0.2) is 109 Å². The van der Waals surface area contributed by atoms with Gasteiger partial charge in [0.1, 0.15) is 23.0 Å². The molecular formula is C46H46O10. The number of aromatic hydroxyl groups is 10. The van der Waals surface area contributed by atoms with Crippen LogP contribution in [0.5, 0.6) is 57.5 Å². The fourth-order valence-corrected chi connectivity index (χ4v) is 7.42. The minimum Gasteiger partial charge on any atom is -0.508 e. The van der Waals surface area contributed by atoms with Crippen molar-refractivity contribution < 1.29 is 51.1 Å². The molecule has 10 heteroatoms. The van der Waals surface area contributed by atoms with Crippen LogP contribution in [0.1, 0.15) is 56.8 Å². The van der Waals surface area contributed by atoms with E-state index in [9.17, 15) is 51.1 Å². The lowest BCUT2D eigenvalue weighted by atomic mass is 9.75. The van der Waals surface area contributed by atoms with Crippen LogP contribution in [0.4, 0.5) is 0 Å². The molecule has 6 aromatic rings. The topological polar surface area (TPSA) is 202 Å². The predicted octanol–water partition coefficient (Wildman–Crippen LogP) is 8.13. The van der Waals surface area contributed by atoms with E-state index in [0.717, 1.165) is 33.4 Å². The van der Waals surface area contributed by atoms with E-state index in [1.807, 2.05) is 36.4 Å².